The summed E-state index contributed by atoms with van der Waals surface area (Å²) in [6, 6.07) is 5.55. The fraction of sp³-hybridized carbons (Fsp3) is 0.167. The molecule has 1 aromatic heterocycles. The van der Waals surface area contributed by atoms with Crippen LogP contribution in [-0.4, -0.2) is 29.6 Å². The van der Waals surface area contributed by atoms with Crippen LogP contribution in [0.4, 0.5) is 13.2 Å². The highest BCUT2D eigenvalue weighted by molar-refractivity contribution is 5.98. The number of nitrogens with zero attached hydrogens (tertiary/aromatic N) is 3. The molecule has 110 valence electrons. The number of benzene rings is 1. The Balaban J connectivity index is 2.21. The van der Waals surface area contributed by atoms with Gasteiger partial charge in [0.05, 0.1) is 7.11 Å². The van der Waals surface area contributed by atoms with Crippen LogP contribution in [-0.2, 0) is 10.9 Å². The minimum Gasteiger partial charge on any atom is -0.486 e. The van der Waals surface area contributed by atoms with Crippen LogP contribution in [0.2, 0.25) is 0 Å². The first-order chi connectivity index (χ1) is 9.91. The summed E-state index contributed by atoms with van der Waals surface area (Å²) in [7, 11) is 1.34. The number of hydrogen-bond donors (Lipinski definition) is 0. The average Bonchev–Trinajstić information content (AvgIpc) is 2.95. The molecule has 1 amide bonds. The first-order valence-electron chi connectivity index (χ1n) is 5.53. The molecule has 0 aliphatic rings. The lowest BCUT2D eigenvalue weighted by Gasteiger charge is -1.98. The zero-order valence-electron chi connectivity index (χ0n) is 10.6. The highest BCUT2D eigenvalue weighted by Crippen LogP contribution is 2.29. The number of carbonyl (C=O) groups is 1. The van der Waals surface area contributed by atoms with E-state index in [0.717, 1.165) is 6.40 Å². The van der Waals surface area contributed by atoms with E-state index >= 15 is 0 Å². The van der Waals surface area contributed by atoms with Crippen LogP contribution >= 0.6 is 0 Å². The van der Waals surface area contributed by atoms with Crippen molar-refractivity contribution in [2.45, 2.75) is 6.18 Å². The molecule has 0 radical (unpaired) electrons. The third-order valence-electron chi connectivity index (χ3n) is 2.33. The van der Waals surface area contributed by atoms with E-state index in [1.165, 1.54) is 31.4 Å². The predicted molar refractivity (Wildman–Crippen MR) is 64.6 cm³/mol. The maximum absolute atomic E-state index is 12.3. The summed E-state index contributed by atoms with van der Waals surface area (Å²) >= 11 is 0. The van der Waals surface area contributed by atoms with E-state index in [-0.39, 0.29) is 17.0 Å². The second-order valence-electron chi connectivity index (χ2n) is 3.77. The van der Waals surface area contributed by atoms with E-state index in [0.29, 0.717) is 0 Å². The van der Waals surface area contributed by atoms with Crippen molar-refractivity contribution < 1.29 is 27.2 Å². The van der Waals surface area contributed by atoms with Crippen molar-refractivity contribution in [2.24, 2.45) is 4.99 Å². The molecule has 0 spiro atoms. The van der Waals surface area contributed by atoms with Gasteiger partial charge in [0.2, 0.25) is 5.82 Å². The number of hydrogen-bond acceptors (Lipinski definition) is 5. The Labute approximate surface area is 116 Å². The van der Waals surface area contributed by atoms with Crippen LogP contribution in [0.1, 0.15) is 16.2 Å². The van der Waals surface area contributed by atoms with Crippen molar-refractivity contribution >= 4 is 12.3 Å². The van der Waals surface area contributed by atoms with E-state index in [2.05, 4.69) is 24.4 Å². The van der Waals surface area contributed by atoms with Gasteiger partial charge in [-0.2, -0.15) is 23.1 Å². The van der Waals surface area contributed by atoms with Gasteiger partial charge in [0, 0.05) is 11.1 Å². The third-order valence-corrected chi connectivity index (χ3v) is 2.33. The summed E-state index contributed by atoms with van der Waals surface area (Å²) in [5, 5.41) is 3.24. The quantitative estimate of drug-likeness (QED) is 0.643. The Hall–Kier alpha value is -2.71. The molecule has 0 aliphatic heterocycles. The molecule has 0 aliphatic carbocycles. The first-order valence-corrected chi connectivity index (χ1v) is 5.53. The molecule has 0 fully saturated rings. The van der Waals surface area contributed by atoms with Gasteiger partial charge in [0.15, 0.2) is 6.40 Å². The summed E-state index contributed by atoms with van der Waals surface area (Å²) in [5.74, 6) is -2.20. The second-order valence-corrected chi connectivity index (χ2v) is 3.77. The number of carbonyl (C=O) groups excluding carboxylic acids is 1. The Morgan fingerprint density at radius 3 is 2.52 bits per heavy atom. The summed E-state index contributed by atoms with van der Waals surface area (Å²) in [5.41, 5.74) is 0.521. The minimum atomic E-state index is -4.70. The van der Waals surface area contributed by atoms with Crippen molar-refractivity contribution in [3.63, 3.8) is 0 Å². The zero-order valence-corrected chi connectivity index (χ0v) is 10.6. The molecule has 0 unspecified atom stereocenters. The molecule has 0 saturated carbocycles. The van der Waals surface area contributed by atoms with Crippen LogP contribution in [0.25, 0.3) is 11.4 Å². The monoisotopic (exact) mass is 299 g/mol. The Bertz CT molecular complexity index is 662. The van der Waals surface area contributed by atoms with Crippen LogP contribution in [0.5, 0.6) is 0 Å². The van der Waals surface area contributed by atoms with Gasteiger partial charge in [-0.1, -0.05) is 17.3 Å². The number of amides is 1. The van der Waals surface area contributed by atoms with Crippen molar-refractivity contribution in [3.05, 3.63) is 35.7 Å². The van der Waals surface area contributed by atoms with Gasteiger partial charge in [-0.3, -0.25) is 4.79 Å². The molecule has 0 N–H and O–H groups in total. The summed E-state index contributed by atoms with van der Waals surface area (Å²) < 4.78 is 45.6. The molecule has 2 rings (SSSR count). The zero-order chi connectivity index (χ0) is 15.5. The van der Waals surface area contributed by atoms with Gasteiger partial charge < -0.3 is 9.26 Å². The van der Waals surface area contributed by atoms with Gasteiger partial charge in [-0.15, -0.1) is 0 Å². The molecule has 9 heteroatoms. The Morgan fingerprint density at radius 1 is 1.33 bits per heavy atom. The van der Waals surface area contributed by atoms with E-state index in [1.54, 1.807) is 0 Å². The number of ether oxygens (including phenoxy) is 1. The largest absolute Gasteiger partial charge is 0.486 e. The normalized spacial score (nSPS) is 11.8. The second kappa shape index (κ2) is 5.73. The molecule has 1 aromatic carbocycles. The SMILES string of the molecule is CO/C=N/C(=O)c1ccc(-c2noc(C(F)(F)F)n2)cc1. The van der Waals surface area contributed by atoms with Crippen molar-refractivity contribution in [1.82, 2.24) is 10.1 Å². The lowest BCUT2D eigenvalue weighted by Crippen LogP contribution is -2.04. The highest BCUT2D eigenvalue weighted by Gasteiger charge is 2.38. The summed E-state index contributed by atoms with van der Waals surface area (Å²) in [4.78, 5) is 18.2. The standard InChI is InChI=1S/C12H8F3N3O3/c1-20-6-16-10(19)8-4-2-7(3-5-8)9-17-11(21-18-9)12(13,14)15/h2-6H,1H3/b16-6+. The molecule has 0 bridgehead atoms. The van der Waals surface area contributed by atoms with Gasteiger partial charge >= 0.3 is 12.1 Å². The van der Waals surface area contributed by atoms with E-state index in [4.69, 9.17) is 0 Å². The lowest BCUT2D eigenvalue weighted by atomic mass is 10.1. The van der Waals surface area contributed by atoms with E-state index in [1.807, 2.05) is 0 Å². The fourth-order valence-corrected chi connectivity index (χ4v) is 1.39. The van der Waals surface area contributed by atoms with Gasteiger partial charge in [-0.25, -0.2) is 0 Å². The topological polar surface area (TPSA) is 77.6 Å². The number of rotatable bonds is 3. The van der Waals surface area contributed by atoms with Gasteiger partial charge in [-0.05, 0) is 12.1 Å². The number of aliphatic imine (C=N–C) groups is 1. The minimum absolute atomic E-state index is 0.221. The van der Waals surface area contributed by atoms with Crippen molar-refractivity contribution in [3.8, 4) is 11.4 Å². The number of alkyl halides is 3. The average molecular weight is 299 g/mol. The molecule has 21 heavy (non-hydrogen) atoms. The van der Waals surface area contributed by atoms with Crippen molar-refractivity contribution in [1.29, 1.82) is 0 Å². The maximum Gasteiger partial charge on any atom is 0.471 e. The lowest BCUT2D eigenvalue weighted by molar-refractivity contribution is -0.159. The van der Waals surface area contributed by atoms with Crippen molar-refractivity contribution in [2.75, 3.05) is 7.11 Å². The Morgan fingerprint density at radius 2 is 2.00 bits per heavy atom. The molecular weight excluding hydrogens is 291 g/mol. The number of halogens is 3. The Kier molecular flexibility index (Phi) is 4.01. The smallest absolute Gasteiger partial charge is 0.471 e. The number of aromatic nitrogens is 2. The molecule has 0 saturated heterocycles. The molecule has 1 heterocycles. The van der Waals surface area contributed by atoms with E-state index in [9.17, 15) is 18.0 Å². The highest BCUT2D eigenvalue weighted by atomic mass is 19.4. The van der Waals surface area contributed by atoms with Crippen LogP contribution in [0, 0.1) is 0 Å². The van der Waals surface area contributed by atoms with Crippen LogP contribution in [0.3, 0.4) is 0 Å². The first kappa shape index (κ1) is 14.7. The summed E-state index contributed by atoms with van der Waals surface area (Å²) in [6.45, 7) is 0. The van der Waals surface area contributed by atoms with E-state index < -0.39 is 18.0 Å². The third kappa shape index (κ3) is 3.44. The van der Waals surface area contributed by atoms with Crippen LogP contribution < -0.4 is 0 Å². The molecule has 0 atom stereocenters. The van der Waals surface area contributed by atoms with Crippen LogP contribution in [0.15, 0.2) is 33.8 Å². The fourth-order valence-electron chi connectivity index (χ4n) is 1.39. The summed E-state index contributed by atoms with van der Waals surface area (Å²) in [6.07, 6.45) is -3.72. The van der Waals surface area contributed by atoms with Gasteiger partial charge in [0.25, 0.3) is 5.91 Å². The molecular formula is C12H8F3N3O3. The molecule has 6 nitrogen and oxygen atoms in total. The van der Waals surface area contributed by atoms with Gasteiger partial charge in [0.1, 0.15) is 0 Å². The maximum atomic E-state index is 12.3. The number of methoxy groups -OCH3 is 1. The predicted octanol–water partition coefficient (Wildman–Crippen LogP) is 2.57. The molecule has 2 aromatic rings.